The van der Waals surface area contributed by atoms with Crippen molar-refractivity contribution in [3.8, 4) is 0 Å². The second-order valence-electron chi connectivity index (χ2n) is 6.63. The lowest BCUT2D eigenvalue weighted by molar-refractivity contribution is -0.115. The number of carbonyl (C=O) groups is 2. The molecule has 1 unspecified atom stereocenters. The second-order valence-corrected chi connectivity index (χ2v) is 8.45. The lowest BCUT2D eigenvalue weighted by atomic mass is 10.1. The van der Waals surface area contributed by atoms with Crippen LogP contribution in [0.25, 0.3) is 0 Å². The van der Waals surface area contributed by atoms with E-state index in [1.807, 2.05) is 54.6 Å². The van der Waals surface area contributed by atoms with Crippen LogP contribution < -0.4 is 21.7 Å². The Hall–Kier alpha value is -3.36. The zero-order valence-corrected chi connectivity index (χ0v) is 18.4. The molecule has 0 radical (unpaired) electrons. The summed E-state index contributed by atoms with van der Waals surface area (Å²) in [5.41, 5.74) is 7.76. The van der Waals surface area contributed by atoms with Crippen LogP contribution in [-0.4, -0.2) is 22.2 Å². The first kappa shape index (κ1) is 22.3. The molecule has 0 aliphatic heterocycles. The van der Waals surface area contributed by atoms with Crippen molar-refractivity contribution >= 4 is 58.0 Å². The number of nitrogens with two attached hydrogens (primary N) is 1. The quantitative estimate of drug-likeness (QED) is 0.307. The number of thiocarbonyl (C=S) groups is 1. The maximum Gasteiger partial charge on any atom is 0.250 e. The van der Waals surface area contributed by atoms with Gasteiger partial charge in [-0.05, 0) is 61.6 Å². The van der Waals surface area contributed by atoms with E-state index < -0.39 is 11.2 Å². The molecule has 0 heterocycles. The van der Waals surface area contributed by atoms with Gasteiger partial charge in [-0.15, -0.1) is 11.8 Å². The molecule has 158 valence electrons. The van der Waals surface area contributed by atoms with Crippen molar-refractivity contribution in [1.82, 2.24) is 0 Å². The van der Waals surface area contributed by atoms with Gasteiger partial charge in [0.05, 0.1) is 16.5 Å². The van der Waals surface area contributed by atoms with Gasteiger partial charge in [0.15, 0.2) is 5.11 Å². The maximum absolute atomic E-state index is 12.6. The summed E-state index contributed by atoms with van der Waals surface area (Å²) in [6, 6.07) is 23.9. The number of para-hydroxylation sites is 2. The zero-order chi connectivity index (χ0) is 22.2. The minimum Gasteiger partial charge on any atom is -0.366 e. The molecule has 3 rings (SSSR count). The van der Waals surface area contributed by atoms with Crippen LogP contribution in [0.2, 0.25) is 0 Å². The highest BCUT2D eigenvalue weighted by atomic mass is 32.2. The van der Waals surface area contributed by atoms with Gasteiger partial charge in [-0.1, -0.05) is 36.4 Å². The summed E-state index contributed by atoms with van der Waals surface area (Å²) in [5.74, 6) is -0.812. The van der Waals surface area contributed by atoms with Crippen LogP contribution in [0.1, 0.15) is 17.3 Å². The Kier molecular flexibility index (Phi) is 7.64. The van der Waals surface area contributed by atoms with Gasteiger partial charge in [0, 0.05) is 16.3 Å². The van der Waals surface area contributed by atoms with Crippen molar-refractivity contribution < 1.29 is 9.59 Å². The molecule has 2 amide bonds. The number of primary amides is 1. The summed E-state index contributed by atoms with van der Waals surface area (Å²) in [6.07, 6.45) is 0. The van der Waals surface area contributed by atoms with E-state index in [1.54, 1.807) is 31.2 Å². The first-order valence-electron chi connectivity index (χ1n) is 9.52. The minimum atomic E-state index is -0.588. The molecule has 5 N–H and O–H groups in total. The Balaban J connectivity index is 1.60. The van der Waals surface area contributed by atoms with Gasteiger partial charge in [-0.2, -0.15) is 0 Å². The van der Waals surface area contributed by atoms with Crippen LogP contribution in [0, 0.1) is 0 Å². The summed E-state index contributed by atoms with van der Waals surface area (Å²) in [7, 11) is 0. The van der Waals surface area contributed by atoms with Gasteiger partial charge in [0.25, 0.3) is 5.91 Å². The number of carbonyl (C=O) groups excluding carboxylic acids is 2. The topological polar surface area (TPSA) is 96.2 Å². The highest BCUT2D eigenvalue weighted by Crippen LogP contribution is 2.27. The number of benzene rings is 3. The van der Waals surface area contributed by atoms with Crippen LogP contribution in [0.15, 0.2) is 83.8 Å². The molecule has 0 saturated heterocycles. The smallest absolute Gasteiger partial charge is 0.250 e. The summed E-state index contributed by atoms with van der Waals surface area (Å²) in [5, 5.41) is 9.13. The molecule has 0 aliphatic rings. The van der Waals surface area contributed by atoms with Crippen molar-refractivity contribution in [2.24, 2.45) is 5.73 Å². The van der Waals surface area contributed by atoms with Gasteiger partial charge in [-0.25, -0.2) is 0 Å². The average molecular weight is 451 g/mol. The number of anilines is 3. The van der Waals surface area contributed by atoms with E-state index >= 15 is 0 Å². The van der Waals surface area contributed by atoms with E-state index in [-0.39, 0.29) is 11.5 Å². The molecule has 3 aromatic carbocycles. The van der Waals surface area contributed by atoms with Gasteiger partial charge < -0.3 is 21.7 Å². The fourth-order valence-corrected chi connectivity index (χ4v) is 3.92. The Bertz CT molecular complexity index is 1090. The van der Waals surface area contributed by atoms with Gasteiger partial charge >= 0.3 is 0 Å². The first-order chi connectivity index (χ1) is 14.9. The molecular weight excluding hydrogens is 428 g/mol. The first-order valence-corrected chi connectivity index (χ1v) is 10.8. The molecule has 0 fully saturated rings. The SMILES string of the molecule is CC(Sc1cccc(NC(=S)Nc2ccccc2)c1)C(=O)Nc1ccccc1C(N)=O. The van der Waals surface area contributed by atoms with E-state index in [2.05, 4.69) is 16.0 Å². The van der Waals surface area contributed by atoms with E-state index in [0.29, 0.717) is 10.8 Å². The van der Waals surface area contributed by atoms with E-state index in [4.69, 9.17) is 18.0 Å². The number of rotatable bonds is 7. The molecule has 31 heavy (non-hydrogen) atoms. The van der Waals surface area contributed by atoms with Crippen LogP contribution in [0.4, 0.5) is 17.1 Å². The monoisotopic (exact) mass is 450 g/mol. The summed E-state index contributed by atoms with van der Waals surface area (Å²) in [4.78, 5) is 25.1. The van der Waals surface area contributed by atoms with Gasteiger partial charge in [0.2, 0.25) is 5.91 Å². The zero-order valence-electron chi connectivity index (χ0n) is 16.8. The van der Waals surface area contributed by atoms with Crippen LogP contribution >= 0.6 is 24.0 Å². The minimum absolute atomic E-state index is 0.224. The normalized spacial score (nSPS) is 11.3. The molecule has 0 aliphatic carbocycles. The van der Waals surface area contributed by atoms with Crippen molar-refractivity contribution in [2.45, 2.75) is 17.1 Å². The number of nitrogens with one attached hydrogen (secondary N) is 3. The molecule has 3 aromatic rings. The molecule has 1 atom stereocenters. The fourth-order valence-electron chi connectivity index (χ4n) is 2.76. The Morgan fingerprint density at radius 1 is 0.871 bits per heavy atom. The van der Waals surface area contributed by atoms with E-state index in [0.717, 1.165) is 16.3 Å². The predicted molar refractivity (Wildman–Crippen MR) is 132 cm³/mol. The summed E-state index contributed by atoms with van der Waals surface area (Å²) >= 11 is 6.76. The third-order valence-corrected chi connectivity index (χ3v) is 5.55. The number of hydrogen-bond acceptors (Lipinski definition) is 4. The standard InChI is InChI=1S/C23H22N4O2S2/c1-15(22(29)27-20-13-6-5-12-19(20)21(24)28)31-18-11-7-10-17(14-18)26-23(30)25-16-8-3-2-4-9-16/h2-15H,1H3,(H2,24,28)(H,27,29)(H2,25,26,30). The van der Waals surface area contributed by atoms with Crippen LogP contribution in [0.5, 0.6) is 0 Å². The number of amides is 2. The Morgan fingerprint density at radius 2 is 1.52 bits per heavy atom. The second kappa shape index (κ2) is 10.6. The molecule has 0 saturated carbocycles. The molecule has 8 heteroatoms. The Morgan fingerprint density at radius 3 is 2.26 bits per heavy atom. The summed E-state index contributed by atoms with van der Waals surface area (Å²) in [6.45, 7) is 1.80. The van der Waals surface area contributed by atoms with Crippen molar-refractivity contribution in [3.63, 3.8) is 0 Å². The lowest BCUT2D eigenvalue weighted by Gasteiger charge is -2.15. The molecule has 0 spiro atoms. The third kappa shape index (κ3) is 6.56. The average Bonchev–Trinajstić information content (AvgIpc) is 2.74. The van der Waals surface area contributed by atoms with Crippen molar-refractivity contribution in [3.05, 3.63) is 84.4 Å². The molecule has 0 aromatic heterocycles. The van der Waals surface area contributed by atoms with Crippen molar-refractivity contribution in [1.29, 1.82) is 0 Å². The highest BCUT2D eigenvalue weighted by molar-refractivity contribution is 8.00. The third-order valence-electron chi connectivity index (χ3n) is 4.26. The molecule has 0 bridgehead atoms. The highest BCUT2D eigenvalue weighted by Gasteiger charge is 2.17. The Labute approximate surface area is 190 Å². The fraction of sp³-hybridized carbons (Fsp3) is 0.0870. The lowest BCUT2D eigenvalue weighted by Crippen LogP contribution is -2.24. The predicted octanol–water partition coefficient (Wildman–Crippen LogP) is 4.71. The van der Waals surface area contributed by atoms with Crippen LogP contribution in [-0.2, 0) is 4.79 Å². The molecule has 6 nitrogen and oxygen atoms in total. The maximum atomic E-state index is 12.6. The number of thioether (sulfide) groups is 1. The van der Waals surface area contributed by atoms with E-state index in [9.17, 15) is 9.59 Å². The van der Waals surface area contributed by atoms with Crippen LogP contribution in [0.3, 0.4) is 0 Å². The van der Waals surface area contributed by atoms with Gasteiger partial charge in [-0.3, -0.25) is 9.59 Å². The molecular formula is C23H22N4O2S2. The number of hydrogen-bond donors (Lipinski definition) is 4. The largest absolute Gasteiger partial charge is 0.366 e. The van der Waals surface area contributed by atoms with E-state index in [1.165, 1.54) is 11.8 Å². The van der Waals surface area contributed by atoms with Crippen molar-refractivity contribution in [2.75, 3.05) is 16.0 Å². The van der Waals surface area contributed by atoms with Gasteiger partial charge in [0.1, 0.15) is 0 Å². The summed E-state index contributed by atoms with van der Waals surface area (Å²) < 4.78 is 0.